The van der Waals surface area contributed by atoms with Gasteiger partial charge in [-0.1, -0.05) is 50.3 Å². The molecule has 0 unspecified atom stereocenters. The normalized spacial score (nSPS) is 21.1. The largest absolute Gasteiger partial charge is 0.446 e. The van der Waals surface area contributed by atoms with Crippen LogP contribution in [0, 0.1) is 40.4 Å². The molecule has 1 heterocycles. The number of carbonyl (C=O) groups excluding carboxylic acids is 3. The summed E-state index contributed by atoms with van der Waals surface area (Å²) in [5.74, 6) is -16.4. The summed E-state index contributed by atoms with van der Waals surface area (Å²) in [5.41, 5.74) is -1.57. The number of hydrogen-bond donors (Lipinski definition) is 0. The number of imide groups is 1. The van der Waals surface area contributed by atoms with Crippen molar-refractivity contribution in [3.63, 3.8) is 0 Å². The van der Waals surface area contributed by atoms with Gasteiger partial charge >= 0.3 is 12.1 Å². The summed E-state index contributed by atoms with van der Waals surface area (Å²) in [5, 5.41) is 0. The fourth-order valence-corrected chi connectivity index (χ4v) is 3.97. The topological polar surface area (TPSA) is 72.9 Å². The van der Waals surface area contributed by atoms with Gasteiger partial charge < -0.3 is 9.47 Å². The van der Waals surface area contributed by atoms with Crippen molar-refractivity contribution in [1.29, 1.82) is 0 Å². The second kappa shape index (κ2) is 8.79. The predicted molar refractivity (Wildman–Crippen MR) is 109 cm³/mol. The van der Waals surface area contributed by atoms with E-state index < -0.39 is 64.3 Å². The van der Waals surface area contributed by atoms with Gasteiger partial charge in [0.05, 0.1) is 0 Å². The minimum Gasteiger partial charge on any atom is -0.446 e. The summed E-state index contributed by atoms with van der Waals surface area (Å²) in [7, 11) is 0. The van der Waals surface area contributed by atoms with Gasteiger partial charge in [0.2, 0.25) is 34.8 Å². The minimum absolute atomic E-state index is 0.0895. The number of ether oxygens (including phenoxy) is 2. The van der Waals surface area contributed by atoms with E-state index in [0.717, 1.165) is 6.08 Å². The number of hydrogen-bond acceptors (Lipinski definition) is 5. The molecule has 2 aliphatic rings. The molecule has 0 aromatic heterocycles. The van der Waals surface area contributed by atoms with Crippen LogP contribution in [-0.4, -0.2) is 29.5 Å². The highest BCUT2D eigenvalue weighted by Crippen LogP contribution is 2.52. The Morgan fingerprint density at radius 3 is 2.17 bits per heavy atom. The number of amides is 2. The highest BCUT2D eigenvalue weighted by Gasteiger charge is 2.63. The average molecular weight is 495 g/mol. The molecule has 0 saturated carbocycles. The second-order valence-corrected chi connectivity index (χ2v) is 8.54. The molecule has 1 aliphatic heterocycles. The highest BCUT2D eigenvalue weighted by atomic mass is 19.2. The molecule has 2 atom stereocenters. The van der Waals surface area contributed by atoms with Crippen molar-refractivity contribution in [1.82, 2.24) is 4.90 Å². The van der Waals surface area contributed by atoms with Gasteiger partial charge in [0.25, 0.3) is 5.91 Å². The van der Waals surface area contributed by atoms with E-state index in [1.807, 2.05) is 0 Å². The van der Waals surface area contributed by atoms with E-state index >= 15 is 0 Å². The second-order valence-electron chi connectivity index (χ2n) is 8.54. The van der Waals surface area contributed by atoms with Crippen LogP contribution in [0.2, 0.25) is 0 Å². The molecular formula is C24H18F5NO5. The number of nitrogens with zero attached hydrogens (tertiary/aromatic N) is 1. The van der Waals surface area contributed by atoms with E-state index in [9.17, 15) is 36.3 Å². The SMILES string of the molecule is CC(C)CC1=C[C@]1(C(=O)Oc1c(F)c(F)c(F)c(F)c1F)C(=O)N1C(=O)OC[C@@H]1c1ccccc1. The average Bonchev–Trinajstić information content (AvgIpc) is 3.42. The number of rotatable bonds is 6. The van der Waals surface area contributed by atoms with Crippen molar-refractivity contribution in [2.75, 3.05) is 6.61 Å². The number of carbonyl (C=O) groups is 3. The summed E-state index contributed by atoms with van der Waals surface area (Å²) in [4.78, 5) is 39.8. The number of benzene rings is 2. The van der Waals surface area contributed by atoms with Crippen LogP contribution in [0.3, 0.4) is 0 Å². The Kier molecular flexibility index (Phi) is 6.12. The summed E-state index contributed by atoms with van der Waals surface area (Å²) in [6.07, 6.45) is 0.255. The van der Waals surface area contributed by atoms with Crippen LogP contribution in [-0.2, 0) is 14.3 Å². The minimum atomic E-state index is -2.43. The van der Waals surface area contributed by atoms with Crippen LogP contribution in [0.25, 0.3) is 0 Å². The lowest BCUT2D eigenvalue weighted by Crippen LogP contribution is -2.46. The zero-order chi connectivity index (χ0) is 25.7. The molecule has 2 amide bonds. The van der Waals surface area contributed by atoms with Gasteiger partial charge in [-0.15, -0.1) is 0 Å². The standard InChI is InChI=1S/C24H18F5NO5/c1-11(2)8-13-9-24(13,22(32)35-20-18(28)16(26)15(25)17(27)19(20)29)21(31)30-14(10-34-23(30)33)12-6-4-3-5-7-12/h3-7,9,11,14H,8,10H2,1-2H3/t14-,24-/m1/s1. The maximum absolute atomic E-state index is 14.1. The van der Waals surface area contributed by atoms with Gasteiger partial charge in [0, 0.05) is 0 Å². The first-order valence-corrected chi connectivity index (χ1v) is 10.5. The molecule has 1 fully saturated rings. The van der Waals surface area contributed by atoms with Crippen LogP contribution in [0.4, 0.5) is 26.7 Å². The lowest BCUT2D eigenvalue weighted by atomic mass is 9.92. The van der Waals surface area contributed by atoms with Gasteiger partial charge in [-0.05, 0) is 23.5 Å². The van der Waals surface area contributed by atoms with Crippen molar-refractivity contribution < 1.29 is 45.8 Å². The molecule has 0 spiro atoms. The summed E-state index contributed by atoms with van der Waals surface area (Å²) < 4.78 is 78.5. The predicted octanol–water partition coefficient (Wildman–Crippen LogP) is 4.98. The molecule has 0 N–H and O–H groups in total. The van der Waals surface area contributed by atoms with Crippen LogP contribution < -0.4 is 4.74 Å². The lowest BCUT2D eigenvalue weighted by Gasteiger charge is -2.26. The van der Waals surface area contributed by atoms with Crippen LogP contribution >= 0.6 is 0 Å². The van der Waals surface area contributed by atoms with Gasteiger partial charge in [-0.2, -0.15) is 8.78 Å². The van der Waals surface area contributed by atoms with E-state index in [1.54, 1.807) is 44.2 Å². The van der Waals surface area contributed by atoms with Crippen molar-refractivity contribution in [3.8, 4) is 5.75 Å². The molecule has 0 bridgehead atoms. The molecule has 1 saturated heterocycles. The Morgan fingerprint density at radius 1 is 1.03 bits per heavy atom. The van der Waals surface area contributed by atoms with E-state index in [2.05, 4.69) is 4.74 Å². The molecule has 1 aliphatic carbocycles. The van der Waals surface area contributed by atoms with Crippen molar-refractivity contribution >= 4 is 18.0 Å². The fourth-order valence-electron chi connectivity index (χ4n) is 3.97. The van der Waals surface area contributed by atoms with Gasteiger partial charge in [0.1, 0.15) is 12.6 Å². The Labute approximate surface area is 195 Å². The Morgan fingerprint density at radius 2 is 1.60 bits per heavy atom. The maximum atomic E-state index is 14.1. The molecule has 2 aromatic rings. The van der Waals surface area contributed by atoms with E-state index in [4.69, 9.17) is 4.74 Å². The van der Waals surface area contributed by atoms with E-state index in [0.29, 0.717) is 10.5 Å². The Balaban J connectivity index is 1.72. The third-order valence-electron chi connectivity index (χ3n) is 5.74. The van der Waals surface area contributed by atoms with Crippen molar-refractivity contribution in [2.24, 2.45) is 11.3 Å². The molecule has 35 heavy (non-hydrogen) atoms. The molecule has 6 nitrogen and oxygen atoms in total. The van der Waals surface area contributed by atoms with Gasteiger partial charge in [-0.3, -0.25) is 4.79 Å². The molecule has 4 rings (SSSR count). The monoisotopic (exact) mass is 495 g/mol. The molecule has 11 heteroatoms. The Hall–Kier alpha value is -3.76. The third-order valence-corrected chi connectivity index (χ3v) is 5.74. The quantitative estimate of drug-likeness (QED) is 0.108. The first-order chi connectivity index (χ1) is 16.5. The Bertz CT molecular complexity index is 1230. The maximum Gasteiger partial charge on any atom is 0.417 e. The fraction of sp³-hybridized carbons (Fsp3) is 0.292. The zero-order valence-corrected chi connectivity index (χ0v) is 18.4. The smallest absolute Gasteiger partial charge is 0.417 e. The van der Waals surface area contributed by atoms with E-state index in [1.165, 1.54) is 0 Å². The van der Waals surface area contributed by atoms with Crippen LogP contribution in [0.1, 0.15) is 31.9 Å². The third kappa shape index (κ3) is 3.94. The van der Waals surface area contributed by atoms with Crippen LogP contribution in [0.5, 0.6) is 5.75 Å². The van der Waals surface area contributed by atoms with Crippen LogP contribution in [0.15, 0.2) is 42.0 Å². The number of cyclic esters (lactones) is 1. The number of esters is 1. The molecule has 2 aromatic carbocycles. The number of halogens is 5. The first-order valence-electron chi connectivity index (χ1n) is 10.5. The van der Waals surface area contributed by atoms with Gasteiger partial charge in [0.15, 0.2) is 5.41 Å². The molecule has 0 radical (unpaired) electrons. The van der Waals surface area contributed by atoms with E-state index in [-0.39, 0.29) is 24.5 Å². The van der Waals surface area contributed by atoms with Crippen molar-refractivity contribution in [2.45, 2.75) is 26.3 Å². The summed E-state index contributed by atoms with van der Waals surface area (Å²) in [6.45, 7) is 3.32. The first kappa shape index (κ1) is 24.4. The highest BCUT2D eigenvalue weighted by molar-refractivity contribution is 6.17. The molecule has 184 valence electrons. The van der Waals surface area contributed by atoms with Crippen molar-refractivity contribution in [3.05, 3.63) is 76.6 Å². The van der Waals surface area contributed by atoms with Gasteiger partial charge in [-0.25, -0.2) is 27.7 Å². The lowest BCUT2D eigenvalue weighted by molar-refractivity contribution is -0.149. The molecular weight excluding hydrogens is 477 g/mol. The zero-order valence-electron chi connectivity index (χ0n) is 18.4. The summed E-state index contributed by atoms with van der Waals surface area (Å²) in [6, 6.07) is 7.37. The summed E-state index contributed by atoms with van der Waals surface area (Å²) >= 11 is 0.